The first-order valence-electron chi connectivity index (χ1n) is 9.48. The number of fused-ring (bicyclic) bond motifs is 2. The SMILES string of the molecule is CC#Cc1cccc2c1cnn2[C@H](C)c1ccc(N2CC3CC3C2)cc1. The number of nitrogens with zero attached hydrogens (tertiary/aromatic N) is 3. The van der Waals surface area contributed by atoms with Crippen LogP contribution in [0.15, 0.2) is 48.7 Å². The quantitative estimate of drug-likeness (QED) is 0.655. The van der Waals surface area contributed by atoms with E-state index in [0.29, 0.717) is 0 Å². The van der Waals surface area contributed by atoms with Crippen molar-refractivity contribution in [2.75, 3.05) is 18.0 Å². The van der Waals surface area contributed by atoms with E-state index in [2.05, 4.69) is 75.9 Å². The third-order valence-corrected chi connectivity index (χ3v) is 5.99. The number of anilines is 1. The second kappa shape index (κ2) is 5.92. The van der Waals surface area contributed by atoms with Crippen LogP contribution in [0.1, 0.15) is 37.4 Å². The molecule has 0 N–H and O–H groups in total. The molecule has 1 saturated heterocycles. The van der Waals surface area contributed by atoms with Gasteiger partial charge in [-0.15, -0.1) is 5.92 Å². The molecule has 2 heterocycles. The van der Waals surface area contributed by atoms with Gasteiger partial charge in [0.1, 0.15) is 0 Å². The highest BCUT2D eigenvalue weighted by Gasteiger charge is 2.45. The molecule has 26 heavy (non-hydrogen) atoms. The van der Waals surface area contributed by atoms with Crippen molar-refractivity contribution in [3.8, 4) is 11.8 Å². The Hall–Kier alpha value is -2.73. The topological polar surface area (TPSA) is 21.1 Å². The van der Waals surface area contributed by atoms with Crippen LogP contribution >= 0.6 is 0 Å². The zero-order valence-corrected chi connectivity index (χ0v) is 15.3. The van der Waals surface area contributed by atoms with E-state index in [4.69, 9.17) is 0 Å². The molecule has 0 bridgehead atoms. The number of aromatic nitrogens is 2. The van der Waals surface area contributed by atoms with E-state index < -0.39 is 0 Å². The van der Waals surface area contributed by atoms with Crippen LogP contribution in [0, 0.1) is 23.7 Å². The van der Waals surface area contributed by atoms with Crippen LogP contribution in [0.5, 0.6) is 0 Å². The predicted molar refractivity (Wildman–Crippen MR) is 106 cm³/mol. The molecular weight excluding hydrogens is 318 g/mol. The minimum absolute atomic E-state index is 0.193. The summed E-state index contributed by atoms with van der Waals surface area (Å²) >= 11 is 0. The second-order valence-corrected chi connectivity index (χ2v) is 7.63. The minimum atomic E-state index is 0.193. The molecule has 1 aliphatic carbocycles. The van der Waals surface area contributed by atoms with E-state index in [9.17, 15) is 0 Å². The van der Waals surface area contributed by atoms with Gasteiger partial charge in [0.25, 0.3) is 0 Å². The van der Waals surface area contributed by atoms with Crippen LogP contribution in [-0.4, -0.2) is 22.9 Å². The molecule has 0 radical (unpaired) electrons. The van der Waals surface area contributed by atoms with Crippen LogP contribution in [0.2, 0.25) is 0 Å². The first-order valence-corrected chi connectivity index (χ1v) is 9.48. The number of benzene rings is 2. The van der Waals surface area contributed by atoms with Gasteiger partial charge in [0.2, 0.25) is 0 Å². The maximum Gasteiger partial charge on any atom is 0.0747 e. The van der Waals surface area contributed by atoms with Gasteiger partial charge in [-0.25, -0.2) is 0 Å². The van der Waals surface area contributed by atoms with Gasteiger partial charge in [-0.2, -0.15) is 5.10 Å². The molecule has 3 atom stereocenters. The summed E-state index contributed by atoms with van der Waals surface area (Å²) in [6, 6.07) is 15.5. The summed E-state index contributed by atoms with van der Waals surface area (Å²) in [5, 5.41) is 5.80. The molecule has 3 heteroatoms. The van der Waals surface area contributed by atoms with Crippen molar-refractivity contribution in [3.05, 3.63) is 59.8 Å². The van der Waals surface area contributed by atoms with Gasteiger partial charge >= 0.3 is 0 Å². The molecule has 2 aliphatic rings. The second-order valence-electron chi connectivity index (χ2n) is 7.63. The molecule has 1 aliphatic heterocycles. The molecule has 130 valence electrons. The summed E-state index contributed by atoms with van der Waals surface area (Å²) in [7, 11) is 0. The normalized spacial score (nSPS) is 22.0. The molecule has 3 nitrogen and oxygen atoms in total. The molecule has 0 spiro atoms. The molecule has 1 saturated carbocycles. The standard InChI is InChI=1S/C23H23N3/c1-3-5-18-6-4-7-23-22(18)13-24-26(23)16(2)17-8-10-21(11-9-17)25-14-19-12-20(19)15-25/h4,6-11,13,16,19-20H,12,14-15H2,1-2H3/t16-,19?,20?/m1/s1. The van der Waals surface area contributed by atoms with E-state index >= 15 is 0 Å². The van der Waals surface area contributed by atoms with E-state index in [0.717, 1.165) is 28.3 Å². The van der Waals surface area contributed by atoms with Crippen molar-refractivity contribution in [1.82, 2.24) is 9.78 Å². The number of hydrogen-bond donors (Lipinski definition) is 0. The van der Waals surface area contributed by atoms with Crippen molar-refractivity contribution in [3.63, 3.8) is 0 Å². The average molecular weight is 341 g/mol. The Bertz CT molecular complexity index is 1010. The Balaban J connectivity index is 1.44. The van der Waals surface area contributed by atoms with Crippen LogP contribution in [0.4, 0.5) is 5.69 Å². The number of rotatable bonds is 3. The highest BCUT2D eigenvalue weighted by Crippen LogP contribution is 2.46. The van der Waals surface area contributed by atoms with Gasteiger partial charge in [-0.05, 0) is 61.9 Å². The van der Waals surface area contributed by atoms with Gasteiger partial charge in [-0.3, -0.25) is 4.68 Å². The first-order chi connectivity index (χ1) is 12.7. The lowest BCUT2D eigenvalue weighted by atomic mass is 10.1. The van der Waals surface area contributed by atoms with Gasteiger partial charge in [0, 0.05) is 29.7 Å². The Morgan fingerprint density at radius 3 is 2.58 bits per heavy atom. The Kier molecular flexibility index (Phi) is 3.53. The fraction of sp³-hybridized carbons (Fsp3) is 0.348. The monoisotopic (exact) mass is 341 g/mol. The molecule has 2 aromatic carbocycles. The third-order valence-electron chi connectivity index (χ3n) is 5.99. The Morgan fingerprint density at radius 1 is 1.08 bits per heavy atom. The Morgan fingerprint density at radius 2 is 1.85 bits per heavy atom. The number of piperidine rings is 1. The fourth-order valence-electron chi connectivity index (χ4n) is 4.34. The maximum atomic E-state index is 4.67. The van der Waals surface area contributed by atoms with Crippen molar-refractivity contribution in [1.29, 1.82) is 0 Å². The smallest absolute Gasteiger partial charge is 0.0747 e. The highest BCUT2D eigenvalue weighted by atomic mass is 15.3. The Labute approximate surface area is 154 Å². The first kappa shape index (κ1) is 15.5. The lowest BCUT2D eigenvalue weighted by molar-refractivity contribution is 0.584. The van der Waals surface area contributed by atoms with Crippen molar-refractivity contribution >= 4 is 16.6 Å². The van der Waals surface area contributed by atoms with Gasteiger partial charge < -0.3 is 4.90 Å². The summed E-state index contributed by atoms with van der Waals surface area (Å²) in [6.07, 6.45) is 3.39. The lowest BCUT2D eigenvalue weighted by Crippen LogP contribution is -2.21. The van der Waals surface area contributed by atoms with Crippen LogP contribution in [0.3, 0.4) is 0 Å². The molecule has 2 unspecified atom stereocenters. The average Bonchev–Trinajstić information content (AvgIpc) is 3.07. The van der Waals surface area contributed by atoms with E-state index in [1.54, 1.807) is 0 Å². The van der Waals surface area contributed by atoms with Crippen molar-refractivity contribution in [2.24, 2.45) is 11.8 Å². The van der Waals surface area contributed by atoms with E-state index in [1.165, 1.54) is 30.8 Å². The summed E-state index contributed by atoms with van der Waals surface area (Å²) < 4.78 is 2.11. The summed E-state index contributed by atoms with van der Waals surface area (Å²) in [5.74, 6) is 8.10. The lowest BCUT2D eigenvalue weighted by Gasteiger charge is -2.21. The molecule has 2 fully saturated rings. The summed E-state index contributed by atoms with van der Waals surface area (Å²) in [5.41, 5.74) is 4.84. The molecular formula is C23H23N3. The van der Waals surface area contributed by atoms with E-state index in [-0.39, 0.29) is 6.04 Å². The van der Waals surface area contributed by atoms with Crippen molar-refractivity contribution in [2.45, 2.75) is 26.3 Å². The summed E-state index contributed by atoms with van der Waals surface area (Å²) in [4.78, 5) is 2.53. The van der Waals surface area contributed by atoms with Crippen LogP contribution in [0.25, 0.3) is 10.9 Å². The van der Waals surface area contributed by atoms with Gasteiger partial charge in [0.15, 0.2) is 0 Å². The zero-order chi connectivity index (χ0) is 17.7. The van der Waals surface area contributed by atoms with Crippen LogP contribution < -0.4 is 4.90 Å². The highest BCUT2D eigenvalue weighted by molar-refractivity contribution is 5.85. The molecule has 0 amide bonds. The molecule has 1 aromatic heterocycles. The van der Waals surface area contributed by atoms with Crippen molar-refractivity contribution < 1.29 is 0 Å². The molecule has 5 rings (SSSR count). The van der Waals surface area contributed by atoms with E-state index in [1.807, 2.05) is 13.1 Å². The number of hydrogen-bond acceptors (Lipinski definition) is 2. The maximum absolute atomic E-state index is 4.67. The zero-order valence-electron chi connectivity index (χ0n) is 15.3. The summed E-state index contributed by atoms with van der Waals surface area (Å²) in [6.45, 7) is 6.57. The van der Waals surface area contributed by atoms with Gasteiger partial charge in [0.05, 0.1) is 17.8 Å². The van der Waals surface area contributed by atoms with Crippen LogP contribution in [-0.2, 0) is 0 Å². The predicted octanol–water partition coefficient (Wildman–Crippen LogP) is 4.47. The fourth-order valence-corrected chi connectivity index (χ4v) is 4.34. The van der Waals surface area contributed by atoms with Gasteiger partial charge in [-0.1, -0.05) is 24.1 Å². The minimum Gasteiger partial charge on any atom is -0.371 e. The largest absolute Gasteiger partial charge is 0.371 e. The molecule has 3 aromatic rings. The third kappa shape index (κ3) is 2.49.